The summed E-state index contributed by atoms with van der Waals surface area (Å²) in [5.74, 6) is 0.0512. The van der Waals surface area contributed by atoms with E-state index in [9.17, 15) is 4.79 Å². The summed E-state index contributed by atoms with van der Waals surface area (Å²) in [6, 6.07) is 4.06. The molecule has 0 fully saturated rings. The maximum absolute atomic E-state index is 11.3. The Bertz CT molecular complexity index is 596. The maximum atomic E-state index is 11.3. The number of hydrogen-bond donors (Lipinski definition) is 1. The van der Waals surface area contributed by atoms with Crippen LogP contribution in [0.4, 0.5) is 0 Å². The number of ether oxygens (including phenoxy) is 1. The molecule has 1 N–H and O–H groups in total. The smallest absolute Gasteiger partial charge is 0.377 e. The van der Waals surface area contributed by atoms with Crippen LogP contribution in [0.25, 0.3) is 5.82 Å². The van der Waals surface area contributed by atoms with Gasteiger partial charge in [-0.2, -0.15) is 0 Å². The molecule has 7 heteroatoms. The molecule has 7 nitrogen and oxygen atoms in total. The number of nitrogens with zero attached hydrogens (tertiary/aromatic N) is 4. The molecule has 2 aromatic rings. The third-order valence-corrected chi connectivity index (χ3v) is 2.87. The van der Waals surface area contributed by atoms with Crippen molar-refractivity contribution in [2.45, 2.75) is 19.9 Å². The van der Waals surface area contributed by atoms with Crippen LogP contribution < -0.4 is 5.32 Å². The summed E-state index contributed by atoms with van der Waals surface area (Å²) in [4.78, 5) is 19.5. The van der Waals surface area contributed by atoms with E-state index in [4.69, 9.17) is 0 Å². The van der Waals surface area contributed by atoms with Gasteiger partial charge in [0.15, 0.2) is 5.82 Å². The van der Waals surface area contributed by atoms with E-state index in [2.05, 4.69) is 39.0 Å². The highest BCUT2D eigenvalue weighted by Gasteiger charge is 2.13. The van der Waals surface area contributed by atoms with Gasteiger partial charge in [-0.15, -0.1) is 5.10 Å². The van der Waals surface area contributed by atoms with Crippen LogP contribution in [-0.4, -0.2) is 39.4 Å². The van der Waals surface area contributed by atoms with Crippen LogP contribution in [0, 0.1) is 0 Å². The Balaban J connectivity index is 2.26. The summed E-state index contributed by atoms with van der Waals surface area (Å²) in [5, 5.41) is 7.37. The van der Waals surface area contributed by atoms with E-state index in [1.165, 1.54) is 18.1 Å². The molecule has 2 rings (SSSR count). The van der Waals surface area contributed by atoms with E-state index in [0.717, 1.165) is 12.1 Å². The topological polar surface area (TPSA) is 81.9 Å². The molecule has 2 aromatic heterocycles. The standard InChI is InChI=1S/C13H17N5O2/c1-4-14-9(2)10-5-6-15-11(7-10)18-8-16-12(17-18)13(19)20-3/h5-9,14H,4H2,1-3H3. The van der Waals surface area contributed by atoms with Gasteiger partial charge in [-0.3, -0.25) is 0 Å². The number of esters is 1. The van der Waals surface area contributed by atoms with Crippen LogP contribution in [0.5, 0.6) is 0 Å². The van der Waals surface area contributed by atoms with Gasteiger partial charge in [-0.1, -0.05) is 6.92 Å². The van der Waals surface area contributed by atoms with Crippen molar-refractivity contribution in [3.8, 4) is 5.82 Å². The number of nitrogens with one attached hydrogen (secondary N) is 1. The molecule has 0 aromatic carbocycles. The van der Waals surface area contributed by atoms with Crippen molar-refractivity contribution in [3.05, 3.63) is 36.0 Å². The number of carbonyl (C=O) groups is 1. The lowest BCUT2D eigenvalue weighted by Crippen LogP contribution is -2.18. The zero-order valence-electron chi connectivity index (χ0n) is 11.7. The Morgan fingerprint density at radius 3 is 3.00 bits per heavy atom. The lowest BCUT2D eigenvalue weighted by atomic mass is 10.1. The minimum atomic E-state index is -0.569. The fraction of sp³-hybridized carbons (Fsp3) is 0.385. The molecule has 0 aliphatic carbocycles. The molecule has 1 unspecified atom stereocenters. The number of rotatable bonds is 5. The molecule has 0 aliphatic rings. The largest absolute Gasteiger partial charge is 0.463 e. The average molecular weight is 275 g/mol. The normalized spacial score (nSPS) is 12.2. The Morgan fingerprint density at radius 2 is 2.30 bits per heavy atom. The Morgan fingerprint density at radius 1 is 1.50 bits per heavy atom. The van der Waals surface area contributed by atoms with Crippen molar-refractivity contribution in [3.63, 3.8) is 0 Å². The van der Waals surface area contributed by atoms with E-state index < -0.39 is 5.97 Å². The van der Waals surface area contributed by atoms with Gasteiger partial charge in [0, 0.05) is 12.2 Å². The second kappa shape index (κ2) is 6.25. The zero-order valence-corrected chi connectivity index (χ0v) is 11.7. The Kier molecular flexibility index (Phi) is 4.41. The second-order valence-electron chi connectivity index (χ2n) is 4.23. The third kappa shape index (κ3) is 3.00. The quantitative estimate of drug-likeness (QED) is 0.823. The van der Waals surface area contributed by atoms with Crippen molar-refractivity contribution in [1.29, 1.82) is 0 Å². The van der Waals surface area contributed by atoms with E-state index >= 15 is 0 Å². The molecule has 0 aliphatic heterocycles. The SMILES string of the molecule is CCNC(C)c1ccnc(-n2cnc(C(=O)OC)n2)c1. The van der Waals surface area contributed by atoms with Crippen molar-refractivity contribution in [2.24, 2.45) is 0 Å². The van der Waals surface area contributed by atoms with Crippen LogP contribution in [0.3, 0.4) is 0 Å². The molecule has 0 bridgehead atoms. The Hall–Kier alpha value is -2.28. The Labute approximate surface area is 117 Å². The fourth-order valence-corrected chi connectivity index (χ4v) is 1.81. The average Bonchev–Trinajstić information content (AvgIpc) is 2.96. The van der Waals surface area contributed by atoms with Crippen molar-refractivity contribution >= 4 is 5.97 Å². The molecule has 20 heavy (non-hydrogen) atoms. The van der Waals surface area contributed by atoms with Gasteiger partial charge in [-0.25, -0.2) is 19.4 Å². The third-order valence-electron chi connectivity index (χ3n) is 2.87. The van der Waals surface area contributed by atoms with Gasteiger partial charge in [0.1, 0.15) is 6.33 Å². The van der Waals surface area contributed by atoms with Gasteiger partial charge >= 0.3 is 5.97 Å². The summed E-state index contributed by atoms with van der Waals surface area (Å²) in [5.41, 5.74) is 1.09. The van der Waals surface area contributed by atoms with Gasteiger partial charge < -0.3 is 10.1 Å². The molecule has 0 spiro atoms. The van der Waals surface area contributed by atoms with Gasteiger partial charge in [0.25, 0.3) is 5.82 Å². The molecule has 2 heterocycles. The first-order valence-corrected chi connectivity index (χ1v) is 6.35. The lowest BCUT2D eigenvalue weighted by molar-refractivity contribution is 0.0587. The predicted molar refractivity (Wildman–Crippen MR) is 72.6 cm³/mol. The van der Waals surface area contributed by atoms with Crippen molar-refractivity contribution in [2.75, 3.05) is 13.7 Å². The molecular formula is C13H17N5O2. The second-order valence-corrected chi connectivity index (χ2v) is 4.23. The van der Waals surface area contributed by atoms with Gasteiger partial charge in [0.05, 0.1) is 7.11 Å². The number of aromatic nitrogens is 4. The van der Waals surface area contributed by atoms with E-state index in [-0.39, 0.29) is 11.9 Å². The summed E-state index contributed by atoms with van der Waals surface area (Å²) >= 11 is 0. The predicted octanol–water partition coefficient (Wildman–Crippen LogP) is 1.12. The molecule has 1 atom stereocenters. The zero-order chi connectivity index (χ0) is 14.5. The molecular weight excluding hydrogens is 258 g/mol. The van der Waals surface area contributed by atoms with Crippen LogP contribution in [0.15, 0.2) is 24.7 Å². The number of hydrogen-bond acceptors (Lipinski definition) is 6. The molecule has 0 saturated carbocycles. The first-order valence-electron chi connectivity index (χ1n) is 6.35. The minimum absolute atomic E-state index is 0.0134. The summed E-state index contributed by atoms with van der Waals surface area (Å²) in [6.07, 6.45) is 3.15. The summed E-state index contributed by atoms with van der Waals surface area (Å²) in [7, 11) is 1.29. The van der Waals surface area contributed by atoms with Crippen LogP contribution in [0.2, 0.25) is 0 Å². The first kappa shape index (κ1) is 14.1. The summed E-state index contributed by atoms with van der Waals surface area (Å²) < 4.78 is 6.02. The lowest BCUT2D eigenvalue weighted by Gasteiger charge is -2.13. The molecule has 0 radical (unpaired) electrons. The van der Waals surface area contributed by atoms with E-state index in [0.29, 0.717) is 5.82 Å². The number of pyridine rings is 1. The van der Waals surface area contributed by atoms with Crippen LogP contribution in [0.1, 0.15) is 36.1 Å². The first-order chi connectivity index (χ1) is 9.65. The molecule has 106 valence electrons. The van der Waals surface area contributed by atoms with Crippen LogP contribution >= 0.6 is 0 Å². The fourth-order valence-electron chi connectivity index (χ4n) is 1.81. The van der Waals surface area contributed by atoms with Crippen LogP contribution in [-0.2, 0) is 4.74 Å². The van der Waals surface area contributed by atoms with E-state index in [1.54, 1.807) is 6.20 Å². The monoisotopic (exact) mass is 275 g/mol. The van der Waals surface area contributed by atoms with Crippen molar-refractivity contribution < 1.29 is 9.53 Å². The minimum Gasteiger partial charge on any atom is -0.463 e. The highest BCUT2D eigenvalue weighted by molar-refractivity contribution is 5.84. The van der Waals surface area contributed by atoms with Crippen molar-refractivity contribution in [1.82, 2.24) is 25.1 Å². The van der Waals surface area contributed by atoms with E-state index in [1.807, 2.05) is 12.1 Å². The molecule has 0 amide bonds. The molecule has 0 saturated heterocycles. The maximum Gasteiger partial charge on any atom is 0.377 e. The highest BCUT2D eigenvalue weighted by atomic mass is 16.5. The highest BCUT2D eigenvalue weighted by Crippen LogP contribution is 2.14. The number of carbonyl (C=O) groups excluding carboxylic acids is 1. The van der Waals surface area contributed by atoms with Gasteiger partial charge in [0.2, 0.25) is 0 Å². The van der Waals surface area contributed by atoms with Gasteiger partial charge in [-0.05, 0) is 31.2 Å². The number of methoxy groups -OCH3 is 1. The summed E-state index contributed by atoms with van der Waals surface area (Å²) in [6.45, 7) is 5.01.